The zero-order valence-corrected chi connectivity index (χ0v) is 12.1. The Bertz CT molecular complexity index is 679. The van der Waals surface area contributed by atoms with Gasteiger partial charge in [-0.25, -0.2) is 5.01 Å². The molecular weight excluding hydrogens is 284 g/mol. The SMILES string of the molecule is N=C(N)N1N=C(c2ccccc2)CC1c1ccc(Cl)cc1. The van der Waals surface area contributed by atoms with Crippen LogP contribution in [0, 0.1) is 5.41 Å². The molecule has 21 heavy (non-hydrogen) atoms. The molecule has 1 aliphatic rings. The molecule has 0 fully saturated rings. The van der Waals surface area contributed by atoms with Crippen LogP contribution in [-0.2, 0) is 0 Å². The number of nitrogens with two attached hydrogens (primary N) is 1. The van der Waals surface area contributed by atoms with E-state index in [1.165, 1.54) is 0 Å². The first kappa shape index (κ1) is 13.6. The van der Waals surface area contributed by atoms with E-state index < -0.39 is 0 Å². The number of hydrogen-bond donors (Lipinski definition) is 2. The van der Waals surface area contributed by atoms with Crippen LogP contribution in [0.5, 0.6) is 0 Å². The Morgan fingerprint density at radius 2 is 1.81 bits per heavy atom. The summed E-state index contributed by atoms with van der Waals surface area (Å²) in [7, 11) is 0. The van der Waals surface area contributed by atoms with Gasteiger partial charge < -0.3 is 5.73 Å². The Morgan fingerprint density at radius 1 is 1.14 bits per heavy atom. The van der Waals surface area contributed by atoms with Crippen LogP contribution in [0.15, 0.2) is 59.7 Å². The van der Waals surface area contributed by atoms with E-state index in [0.717, 1.165) is 16.8 Å². The van der Waals surface area contributed by atoms with Gasteiger partial charge in [0.2, 0.25) is 5.96 Å². The molecule has 1 unspecified atom stereocenters. The Labute approximate surface area is 128 Å². The summed E-state index contributed by atoms with van der Waals surface area (Å²) < 4.78 is 0. The predicted octanol–water partition coefficient (Wildman–Crippen LogP) is 3.38. The van der Waals surface area contributed by atoms with E-state index in [1.807, 2.05) is 54.6 Å². The van der Waals surface area contributed by atoms with Crippen LogP contribution in [0.2, 0.25) is 5.02 Å². The molecule has 0 aromatic heterocycles. The predicted molar refractivity (Wildman–Crippen MR) is 85.5 cm³/mol. The van der Waals surface area contributed by atoms with Crippen molar-refractivity contribution in [1.82, 2.24) is 5.01 Å². The van der Waals surface area contributed by atoms with Crippen LogP contribution in [0.3, 0.4) is 0 Å². The van der Waals surface area contributed by atoms with Crippen molar-refractivity contribution < 1.29 is 0 Å². The number of guanidine groups is 1. The zero-order chi connectivity index (χ0) is 14.8. The molecule has 0 saturated heterocycles. The van der Waals surface area contributed by atoms with Crippen LogP contribution >= 0.6 is 11.6 Å². The van der Waals surface area contributed by atoms with Gasteiger partial charge >= 0.3 is 0 Å². The van der Waals surface area contributed by atoms with Crippen molar-refractivity contribution in [2.24, 2.45) is 10.8 Å². The maximum atomic E-state index is 7.74. The van der Waals surface area contributed by atoms with Crippen molar-refractivity contribution >= 4 is 23.3 Å². The van der Waals surface area contributed by atoms with Gasteiger partial charge in [-0.05, 0) is 23.3 Å². The first-order chi connectivity index (χ1) is 10.1. The molecule has 4 nitrogen and oxygen atoms in total. The quantitative estimate of drug-likeness (QED) is 0.659. The summed E-state index contributed by atoms with van der Waals surface area (Å²) in [5, 5.41) is 14.5. The number of hydrogen-bond acceptors (Lipinski definition) is 2. The van der Waals surface area contributed by atoms with Crippen molar-refractivity contribution in [3.63, 3.8) is 0 Å². The smallest absolute Gasteiger partial charge is 0.209 e. The van der Waals surface area contributed by atoms with E-state index in [0.29, 0.717) is 11.4 Å². The molecule has 0 spiro atoms. The molecule has 0 aliphatic carbocycles. The zero-order valence-electron chi connectivity index (χ0n) is 11.3. The maximum absolute atomic E-state index is 7.74. The molecule has 3 rings (SSSR count). The second-order valence-corrected chi connectivity index (χ2v) is 5.35. The van der Waals surface area contributed by atoms with Gasteiger partial charge in [0.1, 0.15) is 0 Å². The highest BCUT2D eigenvalue weighted by Crippen LogP contribution is 2.32. The Balaban J connectivity index is 1.93. The average molecular weight is 299 g/mol. The van der Waals surface area contributed by atoms with Crippen LogP contribution in [0.25, 0.3) is 0 Å². The molecule has 1 atom stereocenters. The summed E-state index contributed by atoms with van der Waals surface area (Å²) in [5.74, 6) is -0.0547. The summed E-state index contributed by atoms with van der Waals surface area (Å²) in [6.45, 7) is 0. The highest BCUT2D eigenvalue weighted by molar-refractivity contribution is 6.30. The van der Waals surface area contributed by atoms with Crippen LogP contribution in [0.4, 0.5) is 0 Å². The Kier molecular flexibility index (Phi) is 3.62. The highest BCUT2D eigenvalue weighted by Gasteiger charge is 2.30. The molecular formula is C16H15ClN4. The van der Waals surface area contributed by atoms with Crippen molar-refractivity contribution in [3.8, 4) is 0 Å². The molecule has 5 heteroatoms. The maximum Gasteiger partial charge on any atom is 0.209 e. The number of rotatable bonds is 2. The largest absolute Gasteiger partial charge is 0.369 e. The van der Waals surface area contributed by atoms with Gasteiger partial charge in [0.25, 0.3) is 0 Å². The normalized spacial score (nSPS) is 17.7. The minimum absolute atomic E-state index is 0.0547. The molecule has 1 aliphatic heterocycles. The molecule has 1 heterocycles. The number of benzene rings is 2. The third kappa shape index (κ3) is 2.76. The number of nitrogens with one attached hydrogen (secondary N) is 1. The topological polar surface area (TPSA) is 65.5 Å². The molecule has 2 aromatic carbocycles. The highest BCUT2D eigenvalue weighted by atomic mass is 35.5. The molecule has 0 radical (unpaired) electrons. The summed E-state index contributed by atoms with van der Waals surface area (Å²) in [6, 6.07) is 17.5. The Hall–Kier alpha value is -2.33. The molecule has 0 amide bonds. The van der Waals surface area contributed by atoms with Gasteiger partial charge in [-0.1, -0.05) is 54.1 Å². The van der Waals surface area contributed by atoms with E-state index >= 15 is 0 Å². The van der Waals surface area contributed by atoms with E-state index in [2.05, 4.69) is 5.10 Å². The molecule has 0 bridgehead atoms. The first-order valence-corrected chi connectivity index (χ1v) is 7.04. The third-order valence-corrected chi connectivity index (χ3v) is 3.77. The van der Waals surface area contributed by atoms with E-state index in [-0.39, 0.29) is 12.0 Å². The van der Waals surface area contributed by atoms with Crippen molar-refractivity contribution in [3.05, 3.63) is 70.7 Å². The lowest BCUT2D eigenvalue weighted by Crippen LogP contribution is -2.32. The molecule has 0 saturated carbocycles. The fourth-order valence-corrected chi connectivity index (χ4v) is 2.61. The standard InChI is InChI=1S/C16H15ClN4/c17-13-8-6-12(7-9-13)15-10-14(20-21(15)16(18)19)11-4-2-1-3-5-11/h1-9,15H,10H2,(H3,18,19). The number of hydrazone groups is 1. The fraction of sp³-hybridized carbons (Fsp3) is 0.125. The first-order valence-electron chi connectivity index (χ1n) is 6.67. The van der Waals surface area contributed by atoms with E-state index in [1.54, 1.807) is 5.01 Å². The lowest BCUT2D eigenvalue weighted by molar-refractivity contribution is 0.363. The van der Waals surface area contributed by atoms with Gasteiger partial charge in [0, 0.05) is 11.4 Å². The van der Waals surface area contributed by atoms with Gasteiger partial charge in [-0.15, -0.1) is 0 Å². The van der Waals surface area contributed by atoms with Crippen LogP contribution in [-0.4, -0.2) is 16.7 Å². The molecule has 3 N–H and O–H groups in total. The average Bonchev–Trinajstić information content (AvgIpc) is 2.94. The van der Waals surface area contributed by atoms with Crippen molar-refractivity contribution in [1.29, 1.82) is 5.41 Å². The van der Waals surface area contributed by atoms with Gasteiger partial charge in [-0.2, -0.15) is 5.10 Å². The van der Waals surface area contributed by atoms with E-state index in [9.17, 15) is 0 Å². The second kappa shape index (κ2) is 5.58. The minimum Gasteiger partial charge on any atom is -0.369 e. The number of halogens is 1. The van der Waals surface area contributed by atoms with Gasteiger partial charge in [0.05, 0.1) is 11.8 Å². The van der Waals surface area contributed by atoms with Crippen LogP contribution in [0.1, 0.15) is 23.6 Å². The third-order valence-electron chi connectivity index (χ3n) is 3.52. The lowest BCUT2D eigenvalue weighted by atomic mass is 9.99. The molecule has 2 aromatic rings. The monoisotopic (exact) mass is 298 g/mol. The fourth-order valence-electron chi connectivity index (χ4n) is 2.48. The second-order valence-electron chi connectivity index (χ2n) is 4.91. The van der Waals surface area contributed by atoms with Gasteiger partial charge in [-0.3, -0.25) is 5.41 Å². The van der Waals surface area contributed by atoms with E-state index in [4.69, 9.17) is 22.7 Å². The molecule has 106 valence electrons. The van der Waals surface area contributed by atoms with Crippen molar-refractivity contribution in [2.45, 2.75) is 12.5 Å². The van der Waals surface area contributed by atoms with Gasteiger partial charge in [0.15, 0.2) is 0 Å². The lowest BCUT2D eigenvalue weighted by Gasteiger charge is -2.21. The minimum atomic E-state index is -0.0602. The summed E-state index contributed by atoms with van der Waals surface area (Å²) in [6.07, 6.45) is 0.714. The Morgan fingerprint density at radius 3 is 2.43 bits per heavy atom. The van der Waals surface area contributed by atoms with Crippen LogP contribution < -0.4 is 5.73 Å². The summed E-state index contributed by atoms with van der Waals surface area (Å²) in [5.41, 5.74) is 8.71. The number of nitrogens with zero attached hydrogens (tertiary/aromatic N) is 2. The van der Waals surface area contributed by atoms with Crippen molar-refractivity contribution in [2.75, 3.05) is 0 Å². The summed E-state index contributed by atoms with van der Waals surface area (Å²) >= 11 is 5.93. The summed E-state index contributed by atoms with van der Waals surface area (Å²) in [4.78, 5) is 0.